The van der Waals surface area contributed by atoms with Crippen molar-refractivity contribution in [3.8, 4) is 18.0 Å². The van der Waals surface area contributed by atoms with Crippen molar-refractivity contribution in [2.75, 3.05) is 0 Å². The van der Waals surface area contributed by atoms with Gasteiger partial charge >= 0.3 is 0 Å². The van der Waals surface area contributed by atoms with Gasteiger partial charge in [0.05, 0.1) is 17.4 Å². The fraction of sp³-hybridized carbons (Fsp3) is 0.154. The molecule has 1 atom stereocenters. The molecule has 0 saturated carbocycles. The normalized spacial score (nSPS) is 12.1. The van der Waals surface area contributed by atoms with E-state index in [1.54, 1.807) is 4.68 Å². The zero-order valence-electron chi connectivity index (χ0n) is 9.39. The van der Waals surface area contributed by atoms with Gasteiger partial charge in [-0.15, -0.1) is 6.42 Å². The third kappa shape index (κ3) is 2.05. The molecule has 3 nitrogen and oxygen atoms in total. The number of hydrogen-bond acceptors (Lipinski definition) is 2. The molecular formula is C13H12ClN3. The minimum Gasteiger partial charge on any atom is -0.314 e. The maximum Gasteiger partial charge on any atom is 0.138 e. The van der Waals surface area contributed by atoms with Crippen molar-refractivity contribution < 1.29 is 0 Å². The quantitative estimate of drug-likeness (QED) is 0.826. The molecule has 0 fully saturated rings. The van der Waals surface area contributed by atoms with E-state index in [0.29, 0.717) is 10.7 Å². The third-order valence-corrected chi connectivity index (χ3v) is 2.90. The molecule has 1 aromatic carbocycles. The van der Waals surface area contributed by atoms with Gasteiger partial charge in [-0.25, -0.2) is 4.68 Å². The van der Waals surface area contributed by atoms with Crippen LogP contribution in [0, 0.1) is 19.3 Å². The number of halogens is 1. The maximum absolute atomic E-state index is 6.26. The second-order valence-electron chi connectivity index (χ2n) is 3.68. The average molecular weight is 246 g/mol. The number of para-hydroxylation sites is 1. The van der Waals surface area contributed by atoms with Crippen LogP contribution in [0.4, 0.5) is 0 Å². The van der Waals surface area contributed by atoms with Crippen molar-refractivity contribution in [3.05, 3.63) is 46.7 Å². The Labute approximate surface area is 105 Å². The number of rotatable bonds is 2. The zero-order chi connectivity index (χ0) is 12.4. The molecule has 0 spiro atoms. The standard InChI is InChI=1S/C13H12ClN3/c1-3-11(15)12-9(2)16-17(13(12)14)10-7-5-4-6-8-10/h1,4-8,11H,15H2,2H3. The van der Waals surface area contributed by atoms with Gasteiger partial charge in [0.2, 0.25) is 0 Å². The largest absolute Gasteiger partial charge is 0.314 e. The number of aryl methyl sites for hydroxylation is 1. The van der Waals surface area contributed by atoms with Gasteiger partial charge in [-0.05, 0) is 19.1 Å². The van der Waals surface area contributed by atoms with Gasteiger partial charge in [0, 0.05) is 5.56 Å². The van der Waals surface area contributed by atoms with E-state index in [1.165, 1.54) is 0 Å². The van der Waals surface area contributed by atoms with Gasteiger partial charge in [-0.2, -0.15) is 5.10 Å². The molecule has 0 saturated heterocycles. The molecule has 1 heterocycles. The molecule has 2 rings (SSSR count). The fourth-order valence-electron chi connectivity index (χ4n) is 1.69. The second kappa shape index (κ2) is 4.62. The molecule has 1 unspecified atom stereocenters. The van der Waals surface area contributed by atoms with Crippen molar-refractivity contribution in [2.45, 2.75) is 13.0 Å². The summed E-state index contributed by atoms with van der Waals surface area (Å²) in [6.45, 7) is 1.85. The zero-order valence-corrected chi connectivity index (χ0v) is 10.1. The lowest BCUT2D eigenvalue weighted by Crippen LogP contribution is -2.08. The highest BCUT2D eigenvalue weighted by atomic mass is 35.5. The summed E-state index contributed by atoms with van der Waals surface area (Å²) in [7, 11) is 0. The highest BCUT2D eigenvalue weighted by Crippen LogP contribution is 2.27. The van der Waals surface area contributed by atoms with Gasteiger partial charge in [0.15, 0.2) is 0 Å². The fourth-order valence-corrected chi connectivity index (χ4v) is 2.08. The number of hydrogen-bond donors (Lipinski definition) is 1. The summed E-state index contributed by atoms with van der Waals surface area (Å²) in [5.41, 5.74) is 8.16. The molecule has 2 aromatic rings. The topological polar surface area (TPSA) is 43.8 Å². The molecular weight excluding hydrogens is 234 g/mol. The third-order valence-electron chi connectivity index (χ3n) is 2.54. The molecule has 86 valence electrons. The minimum atomic E-state index is -0.528. The Balaban J connectivity index is 2.57. The summed E-state index contributed by atoms with van der Waals surface area (Å²) in [6.07, 6.45) is 5.32. The van der Waals surface area contributed by atoms with E-state index >= 15 is 0 Å². The lowest BCUT2D eigenvalue weighted by Gasteiger charge is -2.05. The number of nitrogens with two attached hydrogens (primary N) is 1. The molecule has 0 aliphatic carbocycles. The Morgan fingerprint density at radius 2 is 2.06 bits per heavy atom. The van der Waals surface area contributed by atoms with E-state index in [9.17, 15) is 0 Å². The highest BCUT2D eigenvalue weighted by molar-refractivity contribution is 6.30. The van der Waals surface area contributed by atoms with Crippen LogP contribution in [0.3, 0.4) is 0 Å². The first-order valence-corrected chi connectivity index (χ1v) is 5.55. The summed E-state index contributed by atoms with van der Waals surface area (Å²) >= 11 is 6.26. The lowest BCUT2D eigenvalue weighted by molar-refractivity contribution is 0.863. The predicted molar refractivity (Wildman–Crippen MR) is 69.1 cm³/mol. The van der Waals surface area contributed by atoms with Crippen molar-refractivity contribution in [3.63, 3.8) is 0 Å². The molecule has 0 bridgehead atoms. The maximum atomic E-state index is 6.26. The van der Waals surface area contributed by atoms with Crippen molar-refractivity contribution >= 4 is 11.6 Å². The second-order valence-corrected chi connectivity index (χ2v) is 4.04. The van der Waals surface area contributed by atoms with Crippen LogP contribution in [0.5, 0.6) is 0 Å². The first-order valence-electron chi connectivity index (χ1n) is 5.17. The molecule has 0 aliphatic rings. The molecule has 2 N–H and O–H groups in total. The lowest BCUT2D eigenvalue weighted by atomic mass is 10.1. The SMILES string of the molecule is C#CC(N)c1c(C)nn(-c2ccccc2)c1Cl. The van der Waals surface area contributed by atoms with Crippen LogP contribution in [-0.4, -0.2) is 9.78 Å². The number of aromatic nitrogens is 2. The minimum absolute atomic E-state index is 0.471. The van der Waals surface area contributed by atoms with E-state index < -0.39 is 6.04 Å². The van der Waals surface area contributed by atoms with Gasteiger partial charge in [-0.1, -0.05) is 35.7 Å². The van der Waals surface area contributed by atoms with E-state index in [2.05, 4.69) is 11.0 Å². The molecule has 0 amide bonds. The van der Waals surface area contributed by atoms with E-state index in [-0.39, 0.29) is 0 Å². The van der Waals surface area contributed by atoms with Crippen LogP contribution < -0.4 is 5.73 Å². The van der Waals surface area contributed by atoms with Crippen LogP contribution in [0.1, 0.15) is 17.3 Å². The monoisotopic (exact) mass is 245 g/mol. The van der Waals surface area contributed by atoms with Crippen LogP contribution >= 0.6 is 11.6 Å². The molecule has 0 aliphatic heterocycles. The van der Waals surface area contributed by atoms with Crippen LogP contribution in [-0.2, 0) is 0 Å². The predicted octanol–water partition coefficient (Wildman–Crippen LogP) is 2.47. The van der Waals surface area contributed by atoms with Gasteiger partial charge in [0.25, 0.3) is 0 Å². The van der Waals surface area contributed by atoms with Crippen molar-refractivity contribution in [1.29, 1.82) is 0 Å². The van der Waals surface area contributed by atoms with E-state index in [0.717, 1.165) is 11.4 Å². The Morgan fingerprint density at radius 1 is 1.41 bits per heavy atom. The van der Waals surface area contributed by atoms with Crippen LogP contribution in [0.25, 0.3) is 5.69 Å². The van der Waals surface area contributed by atoms with E-state index in [4.69, 9.17) is 23.8 Å². The van der Waals surface area contributed by atoms with E-state index in [1.807, 2.05) is 37.3 Å². The highest BCUT2D eigenvalue weighted by Gasteiger charge is 2.18. The molecule has 4 heteroatoms. The summed E-state index contributed by atoms with van der Waals surface area (Å²) in [5.74, 6) is 2.47. The van der Waals surface area contributed by atoms with Gasteiger partial charge in [0.1, 0.15) is 5.15 Å². The van der Waals surface area contributed by atoms with Gasteiger partial charge in [-0.3, -0.25) is 0 Å². The molecule has 0 radical (unpaired) electrons. The van der Waals surface area contributed by atoms with Crippen LogP contribution in [0.2, 0.25) is 5.15 Å². The smallest absolute Gasteiger partial charge is 0.138 e. The summed E-state index contributed by atoms with van der Waals surface area (Å²) < 4.78 is 1.64. The first-order chi connectivity index (χ1) is 8.15. The number of terminal acetylenes is 1. The molecule has 17 heavy (non-hydrogen) atoms. The summed E-state index contributed by atoms with van der Waals surface area (Å²) in [5, 5.41) is 4.83. The number of benzene rings is 1. The Morgan fingerprint density at radius 3 is 2.65 bits per heavy atom. The summed E-state index contributed by atoms with van der Waals surface area (Å²) in [4.78, 5) is 0. The Bertz CT molecular complexity index is 566. The van der Waals surface area contributed by atoms with Gasteiger partial charge < -0.3 is 5.73 Å². The summed E-state index contributed by atoms with van der Waals surface area (Å²) in [6, 6.07) is 9.09. The first kappa shape index (κ1) is 11.7. The van der Waals surface area contributed by atoms with Crippen LogP contribution in [0.15, 0.2) is 30.3 Å². The number of nitrogens with zero attached hydrogens (tertiary/aromatic N) is 2. The average Bonchev–Trinajstić information content (AvgIpc) is 2.65. The molecule has 1 aromatic heterocycles. The van der Waals surface area contributed by atoms with Crippen molar-refractivity contribution in [1.82, 2.24) is 9.78 Å². The van der Waals surface area contributed by atoms with Crippen molar-refractivity contribution in [2.24, 2.45) is 5.73 Å². The Kier molecular flexibility index (Phi) is 3.19. The Hall–Kier alpha value is -1.76.